The first-order valence-electron chi connectivity index (χ1n) is 11.9. The number of nitrogens with one attached hydrogen (secondary N) is 1. The molecule has 9 heteroatoms. The number of aliphatic hydroxyl groups is 1. The lowest BCUT2D eigenvalue weighted by atomic mass is 9.86. The number of pyridine rings is 1. The largest absolute Gasteiger partial charge is 0.454 e. The van der Waals surface area contributed by atoms with E-state index in [9.17, 15) is 19.5 Å². The molecule has 2 amide bonds. The van der Waals surface area contributed by atoms with Gasteiger partial charge in [0.05, 0.1) is 18.0 Å². The van der Waals surface area contributed by atoms with Crippen LogP contribution < -0.4 is 20.3 Å². The number of carbonyl (C=O) groups is 2. The Hall–Kier alpha value is -3.59. The molecule has 4 atom stereocenters. The highest BCUT2D eigenvalue weighted by atomic mass is 16.7. The zero-order valence-corrected chi connectivity index (χ0v) is 19.8. The summed E-state index contributed by atoms with van der Waals surface area (Å²) >= 11 is 0. The Morgan fingerprint density at radius 2 is 2.00 bits per heavy atom. The van der Waals surface area contributed by atoms with Crippen LogP contribution in [0.4, 0.5) is 0 Å². The van der Waals surface area contributed by atoms with Gasteiger partial charge in [0.2, 0.25) is 18.6 Å². The molecule has 1 aromatic heterocycles. The summed E-state index contributed by atoms with van der Waals surface area (Å²) in [6.45, 7) is 4.04. The van der Waals surface area contributed by atoms with Crippen molar-refractivity contribution in [1.82, 2.24) is 14.8 Å². The van der Waals surface area contributed by atoms with Gasteiger partial charge < -0.3 is 29.4 Å². The Morgan fingerprint density at radius 3 is 2.74 bits per heavy atom. The normalized spacial score (nSPS) is 24.0. The zero-order chi connectivity index (χ0) is 24.7. The molecule has 1 saturated heterocycles. The van der Waals surface area contributed by atoms with E-state index < -0.39 is 23.9 Å². The lowest BCUT2D eigenvalue weighted by molar-refractivity contribution is -0.136. The standard InChI is InChI=1S/C26H29N3O6/c1-3-5-16-7-8-18-24-23(25(32)27-11-15-6-9-20-21(10-15)35-14-34-20)17(13-30)19(12-28(18)26(16)33)29(24)22(31)4-2/h3,5-10,17,19,23-24,30H,4,11-14H2,1-2H3,(H,27,32)/b5-3-/t17-,19-,23+,24+/m1/s1. The number of amides is 2. The van der Waals surface area contributed by atoms with Crippen LogP contribution in [0.25, 0.3) is 6.08 Å². The van der Waals surface area contributed by atoms with Gasteiger partial charge in [-0.1, -0.05) is 25.1 Å². The SMILES string of the molecule is C/C=C\c1ccc2n(c1=O)C[C@@H]1[C@@H](CO)[C@H](C(=O)NCc3ccc4c(c3)OCO4)[C@H]2N1C(=O)CC. The van der Waals surface area contributed by atoms with Gasteiger partial charge in [-0.25, -0.2) is 0 Å². The van der Waals surface area contributed by atoms with E-state index in [0.29, 0.717) is 22.8 Å². The number of benzene rings is 1. The topological polar surface area (TPSA) is 110 Å². The average Bonchev–Trinajstić information content (AvgIpc) is 3.43. The lowest BCUT2D eigenvalue weighted by Crippen LogP contribution is -2.49. The van der Waals surface area contributed by atoms with E-state index in [1.807, 2.05) is 25.1 Å². The summed E-state index contributed by atoms with van der Waals surface area (Å²) in [6, 6.07) is 7.98. The monoisotopic (exact) mass is 479 g/mol. The number of rotatable bonds is 6. The van der Waals surface area contributed by atoms with Crippen molar-refractivity contribution < 1.29 is 24.2 Å². The fraction of sp³-hybridized carbons (Fsp3) is 0.423. The van der Waals surface area contributed by atoms with Crippen molar-refractivity contribution in [3.8, 4) is 11.5 Å². The molecule has 3 aliphatic heterocycles. The van der Waals surface area contributed by atoms with E-state index in [1.54, 1.807) is 40.7 Å². The molecule has 0 saturated carbocycles. The van der Waals surface area contributed by atoms with Crippen molar-refractivity contribution in [3.63, 3.8) is 0 Å². The predicted octanol–water partition coefficient (Wildman–Crippen LogP) is 1.83. The summed E-state index contributed by atoms with van der Waals surface area (Å²) in [5.74, 6) is -0.237. The average molecular weight is 480 g/mol. The molecule has 1 aromatic carbocycles. The first-order valence-corrected chi connectivity index (χ1v) is 11.9. The molecule has 0 spiro atoms. The molecule has 0 radical (unpaired) electrons. The van der Waals surface area contributed by atoms with Crippen LogP contribution in [0.2, 0.25) is 0 Å². The summed E-state index contributed by atoms with van der Waals surface area (Å²) in [7, 11) is 0. The van der Waals surface area contributed by atoms with E-state index in [4.69, 9.17) is 9.47 Å². The van der Waals surface area contributed by atoms with Gasteiger partial charge in [-0.3, -0.25) is 14.4 Å². The molecule has 5 rings (SSSR count). The molecule has 9 nitrogen and oxygen atoms in total. The van der Waals surface area contributed by atoms with E-state index in [1.165, 1.54) is 0 Å². The van der Waals surface area contributed by atoms with Gasteiger partial charge in [-0.2, -0.15) is 0 Å². The summed E-state index contributed by atoms with van der Waals surface area (Å²) in [4.78, 5) is 41.5. The third-order valence-corrected chi connectivity index (χ3v) is 7.22. The van der Waals surface area contributed by atoms with Crippen LogP contribution in [0.1, 0.15) is 43.1 Å². The van der Waals surface area contributed by atoms with Crippen molar-refractivity contribution >= 4 is 17.9 Å². The maximum atomic E-state index is 13.6. The minimum absolute atomic E-state index is 0.0965. The van der Waals surface area contributed by atoms with Crippen LogP contribution in [-0.4, -0.2) is 45.8 Å². The molecule has 4 heterocycles. The molecule has 35 heavy (non-hydrogen) atoms. The molecular weight excluding hydrogens is 450 g/mol. The van der Waals surface area contributed by atoms with E-state index >= 15 is 0 Å². The minimum Gasteiger partial charge on any atom is -0.454 e. The van der Waals surface area contributed by atoms with Crippen LogP contribution in [0.3, 0.4) is 0 Å². The van der Waals surface area contributed by atoms with Crippen molar-refractivity contribution in [2.24, 2.45) is 11.8 Å². The quantitative estimate of drug-likeness (QED) is 0.654. The van der Waals surface area contributed by atoms with E-state index in [-0.39, 0.29) is 50.3 Å². The number of hydrogen-bond donors (Lipinski definition) is 2. The first-order chi connectivity index (χ1) is 17.0. The van der Waals surface area contributed by atoms with Crippen molar-refractivity contribution in [1.29, 1.82) is 0 Å². The maximum absolute atomic E-state index is 13.6. The maximum Gasteiger partial charge on any atom is 0.258 e. The number of allylic oxidation sites excluding steroid dienone is 1. The molecule has 2 aromatic rings. The fourth-order valence-corrected chi connectivity index (χ4v) is 5.61. The number of aromatic nitrogens is 1. The van der Waals surface area contributed by atoms with Crippen molar-refractivity contribution in [2.45, 2.75) is 45.4 Å². The van der Waals surface area contributed by atoms with Gasteiger partial charge in [0, 0.05) is 43.3 Å². The smallest absolute Gasteiger partial charge is 0.258 e. The van der Waals surface area contributed by atoms with Crippen LogP contribution in [0.5, 0.6) is 11.5 Å². The van der Waals surface area contributed by atoms with Gasteiger partial charge in [-0.05, 0) is 36.8 Å². The minimum atomic E-state index is -0.685. The highest BCUT2D eigenvalue weighted by molar-refractivity contribution is 5.84. The Balaban J connectivity index is 1.48. The fourth-order valence-electron chi connectivity index (χ4n) is 5.61. The summed E-state index contributed by atoms with van der Waals surface area (Å²) in [5.41, 5.74) is 1.87. The Bertz CT molecular complexity index is 1250. The number of nitrogens with zero attached hydrogens (tertiary/aromatic N) is 2. The van der Waals surface area contributed by atoms with Crippen LogP contribution in [0.15, 0.2) is 41.2 Å². The van der Waals surface area contributed by atoms with Gasteiger partial charge in [0.15, 0.2) is 11.5 Å². The number of carbonyl (C=O) groups excluding carboxylic acids is 2. The second-order valence-electron chi connectivity index (χ2n) is 9.07. The molecule has 1 fully saturated rings. The third-order valence-electron chi connectivity index (χ3n) is 7.22. The molecule has 0 aliphatic carbocycles. The highest BCUT2D eigenvalue weighted by Gasteiger charge is 2.57. The van der Waals surface area contributed by atoms with Crippen LogP contribution in [0, 0.1) is 11.8 Å². The summed E-state index contributed by atoms with van der Waals surface area (Å²) < 4.78 is 12.4. The summed E-state index contributed by atoms with van der Waals surface area (Å²) in [6.07, 6.45) is 3.83. The van der Waals surface area contributed by atoms with E-state index in [0.717, 1.165) is 5.56 Å². The van der Waals surface area contributed by atoms with Crippen LogP contribution >= 0.6 is 0 Å². The molecule has 0 unspecified atom stereocenters. The molecule has 2 N–H and O–H groups in total. The third kappa shape index (κ3) is 3.80. The van der Waals surface area contributed by atoms with Crippen molar-refractivity contribution in [3.05, 3.63) is 63.6 Å². The molecule has 3 aliphatic rings. The number of fused-ring (bicyclic) bond motifs is 5. The second-order valence-corrected chi connectivity index (χ2v) is 9.07. The van der Waals surface area contributed by atoms with Gasteiger partial charge in [0.1, 0.15) is 0 Å². The Morgan fingerprint density at radius 1 is 1.20 bits per heavy atom. The molecule has 184 valence electrons. The van der Waals surface area contributed by atoms with Gasteiger partial charge >= 0.3 is 0 Å². The van der Waals surface area contributed by atoms with Crippen LogP contribution in [-0.2, 0) is 22.7 Å². The van der Waals surface area contributed by atoms with Gasteiger partial charge in [0.25, 0.3) is 5.56 Å². The lowest BCUT2D eigenvalue weighted by Gasteiger charge is -2.38. The predicted molar refractivity (Wildman–Crippen MR) is 128 cm³/mol. The molecule has 2 bridgehead atoms. The highest BCUT2D eigenvalue weighted by Crippen LogP contribution is 2.48. The van der Waals surface area contributed by atoms with Gasteiger partial charge in [-0.15, -0.1) is 0 Å². The first kappa shape index (κ1) is 23.2. The second kappa shape index (κ2) is 9.22. The van der Waals surface area contributed by atoms with Crippen molar-refractivity contribution in [2.75, 3.05) is 13.4 Å². The Labute approximate surface area is 203 Å². The number of ether oxygens (including phenoxy) is 2. The number of hydrogen-bond acceptors (Lipinski definition) is 6. The van der Waals surface area contributed by atoms with E-state index in [2.05, 4.69) is 5.32 Å². The zero-order valence-electron chi connectivity index (χ0n) is 19.8. The summed E-state index contributed by atoms with van der Waals surface area (Å²) in [5, 5.41) is 13.3. The number of aliphatic hydroxyl groups excluding tert-OH is 1. The molecular formula is C26H29N3O6. The Kier molecular flexibility index (Phi) is 6.10.